The number of hydrogen-bond acceptors (Lipinski definition) is 3. The standard InChI is InChI=1S/C16H20N2O2S/c1-3-12-18(15-10-6-5-9-14(15)17)21(19,20)16-11-7-4-8-13(16)2/h4-11H,3,12,17H2,1-2H3. The molecule has 0 aliphatic heterocycles. The van der Waals surface area contributed by atoms with Crippen molar-refractivity contribution in [2.75, 3.05) is 16.6 Å². The number of aryl methyl sites for hydroxylation is 1. The Labute approximate surface area is 126 Å². The second-order valence-electron chi connectivity index (χ2n) is 4.90. The summed E-state index contributed by atoms with van der Waals surface area (Å²) in [4.78, 5) is 0.321. The molecule has 0 heterocycles. The Kier molecular flexibility index (Phi) is 4.53. The van der Waals surface area contributed by atoms with Crippen molar-refractivity contribution in [2.45, 2.75) is 25.2 Å². The molecule has 112 valence electrons. The lowest BCUT2D eigenvalue weighted by atomic mass is 10.2. The highest BCUT2D eigenvalue weighted by Gasteiger charge is 2.26. The minimum Gasteiger partial charge on any atom is -0.397 e. The van der Waals surface area contributed by atoms with Gasteiger partial charge in [-0.15, -0.1) is 0 Å². The Morgan fingerprint density at radius 1 is 1.05 bits per heavy atom. The van der Waals surface area contributed by atoms with Crippen molar-refractivity contribution in [1.29, 1.82) is 0 Å². The zero-order chi connectivity index (χ0) is 15.5. The minimum absolute atomic E-state index is 0.321. The van der Waals surface area contributed by atoms with Gasteiger partial charge in [0.05, 0.1) is 16.3 Å². The molecule has 2 aromatic carbocycles. The van der Waals surface area contributed by atoms with Gasteiger partial charge in [-0.05, 0) is 37.1 Å². The Bertz CT molecular complexity index is 727. The quantitative estimate of drug-likeness (QED) is 0.863. The van der Waals surface area contributed by atoms with Crippen LogP contribution in [0.5, 0.6) is 0 Å². The van der Waals surface area contributed by atoms with Crippen LogP contribution >= 0.6 is 0 Å². The predicted molar refractivity (Wildman–Crippen MR) is 86.9 cm³/mol. The summed E-state index contributed by atoms with van der Waals surface area (Å²) in [6, 6.07) is 14.0. The zero-order valence-electron chi connectivity index (χ0n) is 12.3. The molecule has 0 radical (unpaired) electrons. The van der Waals surface area contributed by atoms with Gasteiger partial charge in [0.1, 0.15) is 0 Å². The van der Waals surface area contributed by atoms with Crippen LogP contribution in [0.2, 0.25) is 0 Å². The van der Waals surface area contributed by atoms with E-state index < -0.39 is 10.0 Å². The number of nitrogens with zero attached hydrogens (tertiary/aromatic N) is 1. The highest BCUT2D eigenvalue weighted by Crippen LogP contribution is 2.29. The second kappa shape index (κ2) is 6.18. The molecule has 0 spiro atoms. The maximum atomic E-state index is 13.0. The third kappa shape index (κ3) is 3.03. The van der Waals surface area contributed by atoms with Crippen LogP contribution in [-0.4, -0.2) is 15.0 Å². The molecule has 2 rings (SSSR count). The number of anilines is 2. The lowest BCUT2D eigenvalue weighted by Gasteiger charge is -2.26. The Balaban J connectivity index is 2.58. The van der Waals surface area contributed by atoms with Crippen molar-refractivity contribution in [1.82, 2.24) is 0 Å². The molecule has 2 N–H and O–H groups in total. The number of sulfonamides is 1. The first kappa shape index (κ1) is 15.4. The maximum absolute atomic E-state index is 13.0. The molecule has 0 aromatic heterocycles. The van der Waals surface area contributed by atoms with Crippen molar-refractivity contribution in [2.24, 2.45) is 0 Å². The fourth-order valence-corrected chi connectivity index (χ4v) is 4.06. The van der Waals surface area contributed by atoms with Gasteiger partial charge >= 0.3 is 0 Å². The van der Waals surface area contributed by atoms with E-state index in [4.69, 9.17) is 5.73 Å². The molecule has 0 aliphatic carbocycles. The summed E-state index contributed by atoms with van der Waals surface area (Å²) in [6.45, 7) is 4.13. The van der Waals surface area contributed by atoms with Gasteiger partial charge in [-0.1, -0.05) is 37.3 Å². The van der Waals surface area contributed by atoms with E-state index in [2.05, 4.69) is 0 Å². The molecular formula is C16H20N2O2S. The highest BCUT2D eigenvalue weighted by molar-refractivity contribution is 7.92. The van der Waals surface area contributed by atoms with Crippen LogP contribution in [0.3, 0.4) is 0 Å². The van der Waals surface area contributed by atoms with E-state index in [9.17, 15) is 8.42 Å². The van der Waals surface area contributed by atoms with E-state index in [-0.39, 0.29) is 0 Å². The summed E-state index contributed by atoms with van der Waals surface area (Å²) in [5.41, 5.74) is 7.68. The van der Waals surface area contributed by atoms with Gasteiger partial charge in [0.2, 0.25) is 0 Å². The third-order valence-electron chi connectivity index (χ3n) is 3.29. The van der Waals surface area contributed by atoms with Gasteiger partial charge in [-0.3, -0.25) is 4.31 Å². The van der Waals surface area contributed by atoms with Gasteiger partial charge < -0.3 is 5.73 Å². The van der Waals surface area contributed by atoms with E-state index in [1.54, 1.807) is 49.4 Å². The van der Waals surface area contributed by atoms with Crippen LogP contribution in [0.25, 0.3) is 0 Å². The number of nitrogens with two attached hydrogens (primary N) is 1. The monoisotopic (exact) mass is 304 g/mol. The molecular weight excluding hydrogens is 284 g/mol. The van der Waals surface area contributed by atoms with Gasteiger partial charge in [-0.2, -0.15) is 0 Å². The predicted octanol–water partition coefficient (Wildman–Crippen LogP) is 3.18. The molecule has 5 heteroatoms. The lowest BCUT2D eigenvalue weighted by Crippen LogP contribution is -2.32. The van der Waals surface area contributed by atoms with Crippen molar-refractivity contribution in [3.63, 3.8) is 0 Å². The minimum atomic E-state index is -3.62. The molecule has 0 saturated carbocycles. The highest BCUT2D eigenvalue weighted by atomic mass is 32.2. The molecule has 0 unspecified atom stereocenters. The van der Waals surface area contributed by atoms with Crippen molar-refractivity contribution in [3.05, 3.63) is 54.1 Å². The van der Waals surface area contributed by atoms with Crippen LogP contribution in [0.1, 0.15) is 18.9 Å². The van der Waals surface area contributed by atoms with Crippen molar-refractivity contribution < 1.29 is 8.42 Å². The van der Waals surface area contributed by atoms with Crippen LogP contribution in [-0.2, 0) is 10.0 Å². The molecule has 0 bridgehead atoms. The second-order valence-corrected chi connectivity index (χ2v) is 6.73. The largest absolute Gasteiger partial charge is 0.397 e. The fourth-order valence-electron chi connectivity index (χ4n) is 2.25. The molecule has 0 amide bonds. The van der Waals surface area contributed by atoms with E-state index >= 15 is 0 Å². The van der Waals surface area contributed by atoms with Crippen molar-refractivity contribution >= 4 is 21.4 Å². The topological polar surface area (TPSA) is 63.4 Å². The van der Waals surface area contributed by atoms with Crippen LogP contribution in [0, 0.1) is 6.92 Å². The zero-order valence-corrected chi connectivity index (χ0v) is 13.1. The average molecular weight is 304 g/mol. The number of nitrogen functional groups attached to an aromatic ring is 1. The molecule has 0 atom stereocenters. The van der Waals surface area contributed by atoms with Crippen LogP contribution in [0.15, 0.2) is 53.4 Å². The SMILES string of the molecule is CCCN(c1ccccc1N)S(=O)(=O)c1ccccc1C. The molecule has 2 aromatic rings. The Morgan fingerprint density at radius 2 is 1.67 bits per heavy atom. The van der Waals surface area contributed by atoms with E-state index in [1.807, 2.05) is 13.0 Å². The molecule has 21 heavy (non-hydrogen) atoms. The van der Waals surface area contributed by atoms with Gasteiger partial charge in [-0.25, -0.2) is 8.42 Å². The van der Waals surface area contributed by atoms with E-state index in [0.717, 1.165) is 5.56 Å². The number of hydrogen-bond donors (Lipinski definition) is 1. The molecule has 0 aliphatic rings. The third-order valence-corrected chi connectivity index (χ3v) is 5.27. The molecule has 0 saturated heterocycles. The number of benzene rings is 2. The summed E-state index contributed by atoms with van der Waals surface area (Å²) in [5, 5.41) is 0. The maximum Gasteiger partial charge on any atom is 0.264 e. The average Bonchev–Trinajstić information content (AvgIpc) is 2.46. The van der Waals surface area contributed by atoms with E-state index in [1.165, 1.54) is 4.31 Å². The first-order valence-electron chi connectivity index (χ1n) is 6.91. The van der Waals surface area contributed by atoms with Crippen molar-refractivity contribution in [3.8, 4) is 0 Å². The van der Waals surface area contributed by atoms with Gasteiger partial charge in [0.15, 0.2) is 0 Å². The normalized spacial score (nSPS) is 11.3. The van der Waals surface area contributed by atoms with Crippen LogP contribution in [0.4, 0.5) is 11.4 Å². The molecule has 0 fully saturated rings. The Hall–Kier alpha value is -2.01. The lowest BCUT2D eigenvalue weighted by molar-refractivity contribution is 0.589. The molecule has 4 nitrogen and oxygen atoms in total. The summed E-state index contributed by atoms with van der Waals surface area (Å²) in [6.07, 6.45) is 0.708. The van der Waals surface area contributed by atoms with Crippen LogP contribution < -0.4 is 10.0 Å². The summed E-state index contributed by atoms with van der Waals surface area (Å²) >= 11 is 0. The van der Waals surface area contributed by atoms with E-state index in [0.29, 0.717) is 29.2 Å². The number of rotatable bonds is 5. The summed E-state index contributed by atoms with van der Waals surface area (Å²) in [7, 11) is -3.62. The Morgan fingerprint density at radius 3 is 2.29 bits per heavy atom. The summed E-state index contributed by atoms with van der Waals surface area (Å²) < 4.78 is 27.3. The van der Waals surface area contributed by atoms with Gasteiger partial charge in [0.25, 0.3) is 10.0 Å². The number of para-hydroxylation sites is 2. The van der Waals surface area contributed by atoms with Gasteiger partial charge in [0, 0.05) is 6.54 Å². The summed E-state index contributed by atoms with van der Waals surface area (Å²) in [5.74, 6) is 0. The smallest absolute Gasteiger partial charge is 0.264 e. The first-order chi connectivity index (χ1) is 9.98. The first-order valence-corrected chi connectivity index (χ1v) is 8.35. The fraction of sp³-hybridized carbons (Fsp3) is 0.250.